The summed E-state index contributed by atoms with van der Waals surface area (Å²) >= 11 is 1.08. The lowest BCUT2D eigenvalue weighted by atomic mass is 10.2. The number of hydrogen-bond donors (Lipinski definition) is 3. The van der Waals surface area contributed by atoms with Crippen molar-refractivity contribution in [2.24, 2.45) is 0 Å². The van der Waals surface area contributed by atoms with E-state index in [9.17, 15) is 13.2 Å². The second-order valence-electron chi connectivity index (χ2n) is 4.44. The van der Waals surface area contributed by atoms with E-state index in [1.807, 2.05) is 13.8 Å². The van der Waals surface area contributed by atoms with Crippen molar-refractivity contribution in [3.63, 3.8) is 0 Å². The number of thiophene rings is 1. The predicted octanol–water partition coefficient (Wildman–Crippen LogP) is 1.69. The van der Waals surface area contributed by atoms with Crippen molar-refractivity contribution in [1.82, 2.24) is 5.32 Å². The molecule has 0 radical (unpaired) electrons. The topological polar surface area (TPSA) is 101 Å². The summed E-state index contributed by atoms with van der Waals surface area (Å²) in [5.41, 5.74) is 5.92. The van der Waals surface area contributed by atoms with Crippen LogP contribution in [-0.2, 0) is 9.84 Å². The number of carbonyl (C=O) groups is 1. The number of hydrogen-bond acceptors (Lipinski definition) is 6. The lowest BCUT2D eigenvalue weighted by Gasteiger charge is -2.13. The first-order valence-corrected chi connectivity index (χ1v) is 8.88. The Balaban J connectivity index is 3.45. The largest absolute Gasteiger partial charge is 0.396 e. The molecule has 1 rings (SSSR count). The molecule has 8 heteroatoms. The third kappa shape index (κ3) is 3.24. The van der Waals surface area contributed by atoms with Gasteiger partial charge in [0.15, 0.2) is 9.84 Å². The fraction of sp³-hybridized carbons (Fsp3) is 0.583. The molecule has 0 aromatic carbocycles. The number of sulfone groups is 1. The number of anilines is 2. The van der Waals surface area contributed by atoms with Crippen LogP contribution in [0.25, 0.3) is 0 Å². The van der Waals surface area contributed by atoms with E-state index in [0.29, 0.717) is 5.00 Å². The number of rotatable bonds is 6. The minimum absolute atomic E-state index is 0.0296. The normalized spacial score (nSPS) is 13.0. The molecule has 0 fully saturated rings. The Bertz CT molecular complexity index is 593. The lowest BCUT2D eigenvalue weighted by Crippen LogP contribution is -2.18. The molecule has 20 heavy (non-hydrogen) atoms. The van der Waals surface area contributed by atoms with Gasteiger partial charge in [-0.05, 0) is 13.3 Å². The van der Waals surface area contributed by atoms with Gasteiger partial charge in [0.05, 0.1) is 11.4 Å². The first kappa shape index (κ1) is 16.8. The Hall–Kier alpha value is -1.28. The zero-order valence-corrected chi connectivity index (χ0v) is 13.7. The van der Waals surface area contributed by atoms with E-state index in [2.05, 4.69) is 10.6 Å². The Labute approximate surface area is 123 Å². The van der Waals surface area contributed by atoms with Crippen LogP contribution in [0.5, 0.6) is 0 Å². The van der Waals surface area contributed by atoms with Crippen LogP contribution < -0.4 is 16.4 Å². The van der Waals surface area contributed by atoms with Crippen molar-refractivity contribution in [2.75, 3.05) is 23.9 Å². The molecule has 0 aliphatic rings. The highest BCUT2D eigenvalue weighted by atomic mass is 32.2. The SMILES string of the molecule is CCC(C)Nc1sc(C(=O)NC)c(N)c1S(=O)(=O)CC. The Kier molecular flexibility index (Phi) is 5.41. The number of carbonyl (C=O) groups excluding carboxylic acids is 1. The van der Waals surface area contributed by atoms with Gasteiger partial charge in [-0.2, -0.15) is 0 Å². The highest BCUT2D eigenvalue weighted by Gasteiger charge is 2.28. The molecule has 1 aromatic rings. The van der Waals surface area contributed by atoms with Crippen LogP contribution in [0.15, 0.2) is 4.90 Å². The average Bonchev–Trinajstić information content (AvgIpc) is 2.74. The molecule has 0 bridgehead atoms. The summed E-state index contributed by atoms with van der Waals surface area (Å²) in [5, 5.41) is 6.03. The zero-order chi connectivity index (χ0) is 15.5. The summed E-state index contributed by atoms with van der Waals surface area (Å²) in [4.78, 5) is 12.0. The summed E-state index contributed by atoms with van der Waals surface area (Å²) < 4.78 is 24.4. The molecule has 0 aliphatic heterocycles. The van der Waals surface area contributed by atoms with Crippen LogP contribution in [0.4, 0.5) is 10.7 Å². The molecule has 1 heterocycles. The summed E-state index contributed by atoms with van der Waals surface area (Å²) in [6, 6.07) is 0.0939. The summed E-state index contributed by atoms with van der Waals surface area (Å²) in [6.45, 7) is 5.49. The molecule has 0 saturated carbocycles. The van der Waals surface area contributed by atoms with Crippen LogP contribution in [0, 0.1) is 0 Å². The fourth-order valence-electron chi connectivity index (χ4n) is 1.58. The first-order valence-electron chi connectivity index (χ1n) is 6.42. The van der Waals surface area contributed by atoms with Crippen LogP contribution in [0.2, 0.25) is 0 Å². The molecule has 1 amide bonds. The van der Waals surface area contributed by atoms with E-state index in [4.69, 9.17) is 5.73 Å². The molecule has 1 aromatic heterocycles. The summed E-state index contributed by atoms with van der Waals surface area (Å²) in [6.07, 6.45) is 0.832. The molecular weight excluding hydrogens is 298 g/mol. The van der Waals surface area contributed by atoms with Crippen molar-refractivity contribution in [2.45, 2.75) is 38.1 Å². The number of nitrogens with one attached hydrogen (secondary N) is 2. The second kappa shape index (κ2) is 6.45. The predicted molar refractivity (Wildman–Crippen MR) is 83.2 cm³/mol. The van der Waals surface area contributed by atoms with Gasteiger partial charge in [-0.1, -0.05) is 13.8 Å². The van der Waals surface area contributed by atoms with E-state index >= 15 is 0 Å². The Morgan fingerprint density at radius 1 is 1.40 bits per heavy atom. The van der Waals surface area contributed by atoms with Crippen LogP contribution in [-0.4, -0.2) is 33.2 Å². The maximum atomic E-state index is 12.2. The Morgan fingerprint density at radius 3 is 2.45 bits per heavy atom. The van der Waals surface area contributed by atoms with Gasteiger partial charge in [0, 0.05) is 13.1 Å². The van der Waals surface area contributed by atoms with Crippen molar-refractivity contribution < 1.29 is 13.2 Å². The van der Waals surface area contributed by atoms with Crippen molar-refractivity contribution in [3.05, 3.63) is 4.88 Å². The molecule has 114 valence electrons. The van der Waals surface area contributed by atoms with Crippen LogP contribution in [0.3, 0.4) is 0 Å². The fourth-order valence-corrected chi connectivity index (χ4v) is 4.30. The number of nitrogens with two attached hydrogens (primary N) is 1. The Morgan fingerprint density at radius 2 is 2.00 bits per heavy atom. The molecule has 1 atom stereocenters. The lowest BCUT2D eigenvalue weighted by molar-refractivity contribution is 0.0968. The second-order valence-corrected chi connectivity index (χ2v) is 7.68. The molecule has 0 aliphatic carbocycles. The van der Waals surface area contributed by atoms with Crippen molar-refractivity contribution >= 4 is 37.8 Å². The van der Waals surface area contributed by atoms with Gasteiger partial charge >= 0.3 is 0 Å². The monoisotopic (exact) mass is 319 g/mol. The smallest absolute Gasteiger partial charge is 0.263 e. The molecular formula is C12H21N3O3S2. The average molecular weight is 319 g/mol. The molecule has 1 unspecified atom stereocenters. The van der Waals surface area contributed by atoms with Crippen molar-refractivity contribution in [1.29, 1.82) is 0 Å². The standard InChI is InChI=1S/C12H21N3O3S2/c1-5-7(3)15-12-10(20(17,18)6-2)8(13)9(19-12)11(16)14-4/h7,15H,5-6,13H2,1-4H3,(H,14,16). The van der Waals surface area contributed by atoms with Gasteiger partial charge in [0.1, 0.15) is 14.8 Å². The van der Waals surface area contributed by atoms with Gasteiger partial charge < -0.3 is 16.4 Å². The minimum atomic E-state index is -3.49. The first-order chi connectivity index (χ1) is 9.28. The third-order valence-corrected chi connectivity index (χ3v) is 6.08. The van der Waals surface area contributed by atoms with E-state index in [1.165, 1.54) is 7.05 Å². The van der Waals surface area contributed by atoms with Gasteiger partial charge in [0.25, 0.3) is 5.91 Å². The van der Waals surface area contributed by atoms with Crippen molar-refractivity contribution in [3.8, 4) is 0 Å². The summed E-state index contributed by atoms with van der Waals surface area (Å²) in [5.74, 6) is -0.437. The molecule has 0 spiro atoms. The van der Waals surface area contributed by atoms with E-state index < -0.39 is 9.84 Å². The van der Waals surface area contributed by atoms with Crippen LogP contribution in [0.1, 0.15) is 36.9 Å². The van der Waals surface area contributed by atoms with E-state index in [0.717, 1.165) is 17.8 Å². The minimum Gasteiger partial charge on any atom is -0.396 e. The maximum Gasteiger partial charge on any atom is 0.263 e. The van der Waals surface area contributed by atoms with Gasteiger partial charge in [-0.3, -0.25) is 4.79 Å². The highest BCUT2D eigenvalue weighted by molar-refractivity contribution is 7.91. The highest BCUT2D eigenvalue weighted by Crippen LogP contribution is 2.40. The summed E-state index contributed by atoms with van der Waals surface area (Å²) in [7, 11) is -2.01. The van der Waals surface area contributed by atoms with E-state index in [1.54, 1.807) is 6.92 Å². The molecule has 4 N–H and O–H groups in total. The van der Waals surface area contributed by atoms with Gasteiger partial charge in [-0.25, -0.2) is 8.42 Å². The molecule has 0 saturated heterocycles. The van der Waals surface area contributed by atoms with Crippen LogP contribution >= 0.6 is 11.3 Å². The van der Waals surface area contributed by atoms with E-state index in [-0.39, 0.29) is 33.2 Å². The molecule has 6 nitrogen and oxygen atoms in total. The number of nitrogen functional groups attached to an aromatic ring is 1. The maximum absolute atomic E-state index is 12.2. The third-order valence-electron chi connectivity index (χ3n) is 3.01. The van der Waals surface area contributed by atoms with Gasteiger partial charge in [0.2, 0.25) is 0 Å². The van der Waals surface area contributed by atoms with Gasteiger partial charge in [-0.15, -0.1) is 11.3 Å². The zero-order valence-electron chi connectivity index (χ0n) is 12.1. The quantitative estimate of drug-likeness (QED) is 0.740. The number of amides is 1.